The van der Waals surface area contributed by atoms with Crippen LogP contribution in [0.15, 0.2) is 30.3 Å². The molecule has 1 aromatic heterocycles. The predicted octanol–water partition coefficient (Wildman–Crippen LogP) is 6.47. The number of rotatable bonds is 4. The van der Waals surface area contributed by atoms with Gasteiger partial charge in [-0.05, 0) is 37.1 Å². The number of imidazole rings is 1. The molecule has 0 spiro atoms. The van der Waals surface area contributed by atoms with Crippen molar-refractivity contribution in [2.45, 2.75) is 39.3 Å². The lowest BCUT2D eigenvalue weighted by molar-refractivity contribution is -0.129. The molecule has 0 bridgehead atoms. The molecule has 1 amide bonds. The van der Waals surface area contributed by atoms with Crippen molar-refractivity contribution >= 4 is 63.4 Å². The second-order valence-electron chi connectivity index (χ2n) is 7.55. The highest BCUT2D eigenvalue weighted by Gasteiger charge is 2.29. The van der Waals surface area contributed by atoms with Crippen molar-refractivity contribution in [3.8, 4) is 0 Å². The third-order valence-electron chi connectivity index (χ3n) is 5.77. The van der Waals surface area contributed by atoms with Crippen molar-refractivity contribution in [1.29, 1.82) is 0 Å². The number of amides is 1. The Balaban J connectivity index is 1.93. The van der Waals surface area contributed by atoms with Gasteiger partial charge >= 0.3 is 0 Å². The van der Waals surface area contributed by atoms with E-state index in [1.807, 2.05) is 31.3 Å². The van der Waals surface area contributed by atoms with Crippen LogP contribution in [0.25, 0.3) is 11.0 Å². The summed E-state index contributed by atoms with van der Waals surface area (Å²) in [5.74, 6) is 0.827. The molecular weight excluding hydrogens is 443 g/mol. The molecule has 2 heterocycles. The van der Waals surface area contributed by atoms with Gasteiger partial charge in [0.2, 0.25) is 11.9 Å². The van der Waals surface area contributed by atoms with Gasteiger partial charge in [0.25, 0.3) is 0 Å². The first-order valence-corrected chi connectivity index (χ1v) is 11.1. The Bertz CT molecular complexity index is 1130. The van der Waals surface area contributed by atoms with Gasteiger partial charge in [0.1, 0.15) is 5.52 Å². The molecule has 0 saturated heterocycles. The molecule has 5 nitrogen and oxygen atoms in total. The van der Waals surface area contributed by atoms with Crippen LogP contribution in [-0.4, -0.2) is 34.0 Å². The summed E-state index contributed by atoms with van der Waals surface area (Å²) in [7, 11) is 1.84. The molecule has 1 unspecified atom stereocenters. The average molecular weight is 466 g/mol. The minimum absolute atomic E-state index is 0.0258. The van der Waals surface area contributed by atoms with Gasteiger partial charge in [0, 0.05) is 37.6 Å². The highest BCUT2D eigenvalue weighted by atomic mass is 35.5. The molecule has 0 saturated carbocycles. The fourth-order valence-corrected chi connectivity index (χ4v) is 4.95. The van der Waals surface area contributed by atoms with Gasteiger partial charge in [-0.15, -0.1) is 0 Å². The van der Waals surface area contributed by atoms with E-state index in [0.717, 1.165) is 54.2 Å². The Morgan fingerprint density at radius 2 is 1.93 bits per heavy atom. The van der Waals surface area contributed by atoms with Crippen LogP contribution in [0.5, 0.6) is 0 Å². The molecule has 158 valence electrons. The zero-order valence-electron chi connectivity index (χ0n) is 17.1. The Labute approximate surface area is 191 Å². The first-order chi connectivity index (χ1) is 14.3. The number of carbonyl (C=O) groups excluding carboxylic acids is 1. The summed E-state index contributed by atoms with van der Waals surface area (Å²) >= 11 is 19.2. The Hall–Kier alpha value is -1.95. The summed E-state index contributed by atoms with van der Waals surface area (Å²) in [5.41, 5.74) is 3.64. The van der Waals surface area contributed by atoms with E-state index in [2.05, 4.69) is 16.4 Å². The van der Waals surface area contributed by atoms with Crippen LogP contribution < -0.4 is 4.90 Å². The summed E-state index contributed by atoms with van der Waals surface area (Å²) in [6.45, 7) is 5.28. The number of hydrogen-bond donors (Lipinski definition) is 0. The Morgan fingerprint density at radius 1 is 1.17 bits per heavy atom. The lowest BCUT2D eigenvalue weighted by Gasteiger charge is -2.31. The van der Waals surface area contributed by atoms with Gasteiger partial charge in [-0.25, -0.2) is 4.98 Å². The molecular formula is C22H23Cl3N4O. The fraction of sp³-hybridized carbons (Fsp3) is 0.364. The number of carbonyl (C=O) groups is 1. The van der Waals surface area contributed by atoms with E-state index in [9.17, 15) is 4.79 Å². The van der Waals surface area contributed by atoms with Gasteiger partial charge in [0.15, 0.2) is 0 Å². The minimum Gasteiger partial charge on any atom is -0.339 e. The lowest BCUT2D eigenvalue weighted by atomic mass is 10.0. The highest BCUT2D eigenvalue weighted by Crippen LogP contribution is 2.41. The molecule has 4 rings (SSSR count). The summed E-state index contributed by atoms with van der Waals surface area (Å²) in [6.07, 6.45) is 1.72. The van der Waals surface area contributed by atoms with E-state index >= 15 is 0 Å². The standard InChI is InChI=1S/C22H23Cl3N4O/c1-4-18(27(3)13(2)30)15-7-8-16(24)20-21(15)29-11-5-10-28(22(29)26-20)19-9-6-14(23)12-17(19)25/h6-9,12,18H,4-5,10-11H2,1-3H3. The number of hydrogen-bond acceptors (Lipinski definition) is 3. The van der Waals surface area contributed by atoms with Crippen LogP contribution in [0.4, 0.5) is 11.6 Å². The topological polar surface area (TPSA) is 41.4 Å². The van der Waals surface area contributed by atoms with Gasteiger partial charge in [-0.1, -0.05) is 47.8 Å². The van der Waals surface area contributed by atoms with Gasteiger partial charge < -0.3 is 14.4 Å². The van der Waals surface area contributed by atoms with Crippen LogP contribution in [0, 0.1) is 0 Å². The summed E-state index contributed by atoms with van der Waals surface area (Å²) in [6, 6.07) is 9.32. The van der Waals surface area contributed by atoms with E-state index in [4.69, 9.17) is 39.8 Å². The van der Waals surface area contributed by atoms with E-state index in [1.165, 1.54) is 0 Å². The second-order valence-corrected chi connectivity index (χ2v) is 8.80. The third kappa shape index (κ3) is 3.53. The van der Waals surface area contributed by atoms with Crippen LogP contribution in [0.2, 0.25) is 15.1 Å². The van der Waals surface area contributed by atoms with Crippen molar-refractivity contribution in [2.24, 2.45) is 0 Å². The molecule has 1 aliphatic rings. The van der Waals surface area contributed by atoms with Crippen LogP contribution in [0.3, 0.4) is 0 Å². The van der Waals surface area contributed by atoms with Gasteiger partial charge in [0.05, 0.1) is 27.3 Å². The predicted molar refractivity (Wildman–Crippen MR) is 124 cm³/mol. The number of fused-ring (bicyclic) bond motifs is 3. The smallest absolute Gasteiger partial charge is 0.219 e. The second kappa shape index (κ2) is 8.29. The molecule has 0 N–H and O–H groups in total. The Kier molecular flexibility index (Phi) is 5.88. The van der Waals surface area contributed by atoms with Gasteiger partial charge in [-0.2, -0.15) is 0 Å². The number of anilines is 2. The van der Waals surface area contributed by atoms with Crippen molar-refractivity contribution in [1.82, 2.24) is 14.5 Å². The molecule has 3 aromatic rings. The lowest BCUT2D eigenvalue weighted by Crippen LogP contribution is -2.30. The van der Waals surface area contributed by atoms with Crippen molar-refractivity contribution in [2.75, 3.05) is 18.5 Å². The SMILES string of the molecule is CCC(c1ccc(Cl)c2nc3n(c12)CCCN3c1ccc(Cl)cc1Cl)N(C)C(C)=O. The van der Waals surface area contributed by atoms with Crippen LogP contribution in [0.1, 0.15) is 38.3 Å². The monoisotopic (exact) mass is 464 g/mol. The van der Waals surface area contributed by atoms with E-state index in [1.54, 1.807) is 17.9 Å². The number of aryl methyl sites for hydroxylation is 1. The van der Waals surface area contributed by atoms with Crippen molar-refractivity contribution in [3.05, 3.63) is 51.0 Å². The molecule has 0 fully saturated rings. The zero-order chi connectivity index (χ0) is 21.6. The molecule has 0 aliphatic carbocycles. The molecule has 1 aliphatic heterocycles. The third-order valence-corrected chi connectivity index (χ3v) is 6.61. The van der Waals surface area contributed by atoms with E-state index < -0.39 is 0 Å². The maximum atomic E-state index is 12.1. The highest BCUT2D eigenvalue weighted by molar-refractivity contribution is 6.36. The van der Waals surface area contributed by atoms with Crippen molar-refractivity contribution < 1.29 is 4.79 Å². The number of halogens is 3. The summed E-state index contributed by atoms with van der Waals surface area (Å²) < 4.78 is 2.20. The molecule has 1 atom stereocenters. The maximum Gasteiger partial charge on any atom is 0.219 e. The van der Waals surface area contributed by atoms with E-state index in [0.29, 0.717) is 15.1 Å². The molecule has 8 heteroatoms. The molecule has 0 radical (unpaired) electrons. The largest absolute Gasteiger partial charge is 0.339 e. The van der Waals surface area contributed by atoms with Gasteiger partial charge in [-0.3, -0.25) is 4.79 Å². The maximum absolute atomic E-state index is 12.1. The molecule has 2 aromatic carbocycles. The number of aromatic nitrogens is 2. The Morgan fingerprint density at radius 3 is 2.60 bits per heavy atom. The minimum atomic E-state index is -0.0578. The zero-order valence-corrected chi connectivity index (χ0v) is 19.4. The number of nitrogens with zero attached hydrogens (tertiary/aromatic N) is 4. The summed E-state index contributed by atoms with van der Waals surface area (Å²) in [4.78, 5) is 20.9. The van der Waals surface area contributed by atoms with Crippen LogP contribution >= 0.6 is 34.8 Å². The molecule has 30 heavy (non-hydrogen) atoms. The first kappa shape index (κ1) is 21.3. The average Bonchev–Trinajstić information content (AvgIpc) is 3.11. The normalized spacial score (nSPS) is 14.7. The van der Waals surface area contributed by atoms with E-state index in [-0.39, 0.29) is 11.9 Å². The quantitative estimate of drug-likeness (QED) is 0.443. The van der Waals surface area contributed by atoms with Crippen LogP contribution in [-0.2, 0) is 11.3 Å². The number of benzene rings is 2. The fourth-order valence-electron chi connectivity index (χ4n) is 4.24. The first-order valence-electron chi connectivity index (χ1n) is 9.98. The van der Waals surface area contributed by atoms with Crippen molar-refractivity contribution in [3.63, 3.8) is 0 Å². The summed E-state index contributed by atoms with van der Waals surface area (Å²) in [5, 5.41) is 1.77.